The van der Waals surface area contributed by atoms with Crippen molar-refractivity contribution in [2.24, 2.45) is 11.8 Å². The number of ether oxygens (including phenoxy) is 2. The monoisotopic (exact) mass is 362 g/mol. The van der Waals surface area contributed by atoms with Gasteiger partial charge >= 0.3 is 5.97 Å². The van der Waals surface area contributed by atoms with Gasteiger partial charge in [0.2, 0.25) is 0 Å². The number of allylic oxidation sites excluding steroid dienone is 1. The second-order valence-electron chi connectivity index (χ2n) is 6.59. The van der Waals surface area contributed by atoms with Crippen LogP contribution in [0.5, 0.6) is 0 Å². The van der Waals surface area contributed by atoms with E-state index in [-0.39, 0.29) is 12.5 Å². The number of carboxylic acid groups (broad SMARTS) is 1. The lowest BCUT2D eigenvalue weighted by atomic mass is 9.87. The van der Waals surface area contributed by atoms with Crippen LogP contribution in [0.1, 0.15) is 19.8 Å². The Kier molecular flexibility index (Phi) is 6.92. The molecule has 2 aliphatic rings. The van der Waals surface area contributed by atoms with Gasteiger partial charge in [-0.05, 0) is 31.3 Å². The highest BCUT2D eigenvalue weighted by molar-refractivity contribution is 5.71. The van der Waals surface area contributed by atoms with Gasteiger partial charge in [0.15, 0.2) is 6.29 Å². The molecule has 0 bridgehead atoms. The molecule has 1 aliphatic carbocycles. The smallest absolute Gasteiger partial charge is 0.309 e. The Bertz CT molecular complexity index is 504. The fraction of sp³-hybridized carbons (Fsp3) is 0.812. The first kappa shape index (κ1) is 20.2. The van der Waals surface area contributed by atoms with Gasteiger partial charge in [-0.1, -0.05) is 5.57 Å². The number of carboxylic acids is 1. The maximum atomic E-state index is 11.3. The van der Waals surface area contributed by atoms with Crippen LogP contribution in [-0.2, 0) is 14.3 Å². The van der Waals surface area contributed by atoms with Gasteiger partial charge in [-0.2, -0.15) is 0 Å². The molecule has 0 spiro atoms. The van der Waals surface area contributed by atoms with Gasteiger partial charge in [-0.3, -0.25) is 4.79 Å². The molecule has 7 unspecified atom stereocenters. The number of aliphatic carboxylic acids is 1. The highest BCUT2D eigenvalue weighted by atomic mass is 16.7. The molecule has 0 aromatic rings. The molecule has 1 aliphatic heterocycles. The predicted molar refractivity (Wildman–Crippen MR) is 83.4 cm³/mol. The average molecular weight is 362 g/mol. The second-order valence-corrected chi connectivity index (χ2v) is 6.59. The van der Waals surface area contributed by atoms with Crippen molar-refractivity contribution < 1.29 is 44.9 Å². The lowest BCUT2D eigenvalue weighted by Gasteiger charge is -2.39. The lowest BCUT2D eigenvalue weighted by Crippen LogP contribution is -2.59. The number of hydrogen-bond donors (Lipinski definition) is 6. The molecule has 0 saturated carbocycles. The predicted octanol–water partition coefficient (Wildman–Crippen LogP) is -1.78. The zero-order valence-corrected chi connectivity index (χ0v) is 14.0. The van der Waals surface area contributed by atoms with Crippen molar-refractivity contribution in [3.8, 4) is 0 Å². The van der Waals surface area contributed by atoms with Gasteiger partial charge in [0.1, 0.15) is 24.4 Å². The Hall–Kier alpha value is -1.07. The molecule has 1 fully saturated rings. The van der Waals surface area contributed by atoms with E-state index in [0.29, 0.717) is 12.8 Å². The van der Waals surface area contributed by atoms with Crippen LogP contribution in [0.3, 0.4) is 0 Å². The summed E-state index contributed by atoms with van der Waals surface area (Å²) < 4.78 is 10.8. The highest BCUT2D eigenvalue weighted by Crippen LogP contribution is 2.37. The fourth-order valence-corrected chi connectivity index (χ4v) is 3.45. The third-order valence-electron chi connectivity index (χ3n) is 5.08. The van der Waals surface area contributed by atoms with Gasteiger partial charge in [0, 0.05) is 0 Å². The Morgan fingerprint density at radius 2 is 1.92 bits per heavy atom. The number of hydrogen-bond acceptors (Lipinski definition) is 8. The zero-order chi connectivity index (χ0) is 18.7. The van der Waals surface area contributed by atoms with Crippen LogP contribution in [-0.4, -0.2) is 87.1 Å². The van der Waals surface area contributed by atoms with Crippen LogP contribution >= 0.6 is 0 Å². The van der Waals surface area contributed by atoms with Crippen molar-refractivity contribution in [1.82, 2.24) is 0 Å². The summed E-state index contributed by atoms with van der Waals surface area (Å²) in [7, 11) is 0. The Balaban J connectivity index is 2.05. The summed E-state index contributed by atoms with van der Waals surface area (Å²) in [6.07, 6.45) is -5.58. The largest absolute Gasteiger partial charge is 0.481 e. The van der Waals surface area contributed by atoms with Crippen LogP contribution in [0.2, 0.25) is 0 Å². The first-order valence-electron chi connectivity index (χ1n) is 8.26. The number of carbonyl (C=O) groups is 1. The molecule has 0 radical (unpaired) electrons. The van der Waals surface area contributed by atoms with Gasteiger partial charge in [-0.15, -0.1) is 0 Å². The van der Waals surface area contributed by atoms with Crippen LogP contribution in [0, 0.1) is 11.8 Å². The van der Waals surface area contributed by atoms with Gasteiger partial charge < -0.3 is 40.1 Å². The molecule has 0 amide bonds. The maximum Gasteiger partial charge on any atom is 0.309 e. The molecule has 9 nitrogen and oxygen atoms in total. The van der Waals surface area contributed by atoms with E-state index in [1.807, 2.05) is 6.92 Å². The van der Waals surface area contributed by atoms with E-state index in [4.69, 9.17) is 9.47 Å². The molecule has 0 aromatic heterocycles. The lowest BCUT2D eigenvalue weighted by molar-refractivity contribution is -0.299. The quantitative estimate of drug-likeness (QED) is 0.288. The summed E-state index contributed by atoms with van der Waals surface area (Å²) in [5.41, 5.74) is 1.67. The van der Waals surface area contributed by atoms with E-state index in [9.17, 15) is 35.4 Å². The zero-order valence-electron chi connectivity index (χ0n) is 14.0. The van der Waals surface area contributed by atoms with Crippen molar-refractivity contribution in [2.45, 2.75) is 50.5 Å². The molecule has 9 heteroatoms. The van der Waals surface area contributed by atoms with Crippen molar-refractivity contribution in [3.05, 3.63) is 11.1 Å². The van der Waals surface area contributed by atoms with Gasteiger partial charge in [-0.25, -0.2) is 0 Å². The topological polar surface area (TPSA) is 157 Å². The summed E-state index contributed by atoms with van der Waals surface area (Å²) in [4.78, 5) is 11.3. The molecule has 0 aromatic carbocycles. The van der Waals surface area contributed by atoms with Crippen LogP contribution in [0.4, 0.5) is 0 Å². The van der Waals surface area contributed by atoms with E-state index < -0.39 is 55.8 Å². The molecule has 6 N–H and O–H groups in total. The number of aliphatic hydroxyl groups excluding tert-OH is 5. The summed E-state index contributed by atoms with van der Waals surface area (Å²) in [5.74, 6) is -2.41. The van der Waals surface area contributed by atoms with Gasteiger partial charge in [0.05, 0.1) is 25.7 Å². The summed E-state index contributed by atoms with van der Waals surface area (Å²) in [6, 6.07) is 0. The van der Waals surface area contributed by atoms with Crippen molar-refractivity contribution in [2.75, 3.05) is 19.8 Å². The Morgan fingerprint density at radius 1 is 1.24 bits per heavy atom. The second kappa shape index (κ2) is 8.54. The first-order valence-corrected chi connectivity index (χ1v) is 8.26. The average Bonchev–Trinajstić information content (AvgIpc) is 2.93. The van der Waals surface area contributed by atoms with Crippen molar-refractivity contribution >= 4 is 5.97 Å². The van der Waals surface area contributed by atoms with E-state index in [1.54, 1.807) is 0 Å². The maximum absolute atomic E-state index is 11.3. The van der Waals surface area contributed by atoms with Gasteiger partial charge in [0.25, 0.3) is 0 Å². The minimum atomic E-state index is -1.53. The Morgan fingerprint density at radius 3 is 2.48 bits per heavy atom. The molecule has 2 rings (SSSR count). The minimum absolute atomic E-state index is 0.0387. The van der Waals surface area contributed by atoms with Crippen LogP contribution < -0.4 is 0 Å². The van der Waals surface area contributed by atoms with Crippen LogP contribution in [0.15, 0.2) is 11.1 Å². The number of rotatable bonds is 7. The van der Waals surface area contributed by atoms with Crippen LogP contribution in [0.25, 0.3) is 0 Å². The van der Waals surface area contributed by atoms with E-state index in [1.165, 1.54) is 0 Å². The normalized spacial score (nSPS) is 37.4. The molecule has 7 atom stereocenters. The standard InChI is InChI=1S/C16H26O9/c1-7-2-3-8(9(4-17)15(22)23)10(7)6-24-16-14(21)13(20)12(19)11(5-18)25-16/h8-9,11-14,16-21H,2-6H2,1H3,(H,22,23). The third kappa shape index (κ3) is 4.20. The molecular weight excluding hydrogens is 336 g/mol. The van der Waals surface area contributed by atoms with E-state index in [0.717, 1.165) is 11.1 Å². The molecule has 1 heterocycles. The molecule has 144 valence electrons. The fourth-order valence-electron chi connectivity index (χ4n) is 3.45. The molecule has 25 heavy (non-hydrogen) atoms. The van der Waals surface area contributed by atoms with E-state index in [2.05, 4.69) is 0 Å². The SMILES string of the molecule is CC1=C(COC2OC(CO)C(O)C(O)C2O)C(C(CO)C(=O)O)CC1. The molecular formula is C16H26O9. The van der Waals surface area contributed by atoms with Crippen molar-refractivity contribution in [3.63, 3.8) is 0 Å². The summed E-state index contributed by atoms with van der Waals surface area (Å²) in [6.45, 7) is 0.767. The first-order chi connectivity index (χ1) is 11.8. The van der Waals surface area contributed by atoms with Crippen molar-refractivity contribution in [1.29, 1.82) is 0 Å². The number of aliphatic hydroxyl groups is 5. The molecule has 1 saturated heterocycles. The third-order valence-corrected chi connectivity index (χ3v) is 5.08. The Labute approximate surface area is 145 Å². The van der Waals surface area contributed by atoms with E-state index >= 15 is 0 Å². The highest BCUT2D eigenvalue weighted by Gasteiger charge is 2.44. The minimum Gasteiger partial charge on any atom is -0.481 e. The summed E-state index contributed by atoms with van der Waals surface area (Å²) in [5, 5.41) is 57.3. The summed E-state index contributed by atoms with van der Waals surface area (Å²) >= 11 is 0.